The van der Waals surface area contributed by atoms with Gasteiger partial charge in [0.1, 0.15) is 6.54 Å². The minimum absolute atomic E-state index is 0.330. The van der Waals surface area contributed by atoms with Crippen LogP contribution in [0, 0.1) is 0 Å². The van der Waals surface area contributed by atoms with Gasteiger partial charge in [-0.05, 0) is 29.8 Å². The lowest BCUT2D eigenvalue weighted by atomic mass is 10.1. The summed E-state index contributed by atoms with van der Waals surface area (Å²) in [5.41, 5.74) is 1.75. The number of aromatic nitrogens is 2. The van der Waals surface area contributed by atoms with Crippen LogP contribution in [-0.4, -0.2) is 57.6 Å². The van der Waals surface area contributed by atoms with Crippen LogP contribution in [0.3, 0.4) is 0 Å². The summed E-state index contributed by atoms with van der Waals surface area (Å²) in [4.78, 5) is 42.5. The summed E-state index contributed by atoms with van der Waals surface area (Å²) in [7, 11) is 0. The van der Waals surface area contributed by atoms with Crippen molar-refractivity contribution in [1.29, 1.82) is 0 Å². The molecule has 0 unspecified atom stereocenters. The maximum Gasteiger partial charge on any atom is 0.331 e. The SMILES string of the molecule is CCN1CCN(Cc2ccc(NC(=O)Cn3c(=O)ccn(Cc4ccccc4)c3=O)cc2)CC1. The van der Waals surface area contributed by atoms with Gasteiger partial charge in [-0.25, -0.2) is 4.79 Å². The van der Waals surface area contributed by atoms with E-state index in [1.165, 1.54) is 22.4 Å². The maximum atomic E-state index is 12.8. The first-order valence-electron chi connectivity index (χ1n) is 11.7. The lowest BCUT2D eigenvalue weighted by molar-refractivity contribution is -0.116. The van der Waals surface area contributed by atoms with Crippen LogP contribution in [0.2, 0.25) is 0 Å². The molecular formula is C26H31N5O3. The predicted molar refractivity (Wildman–Crippen MR) is 133 cm³/mol. The predicted octanol–water partition coefficient (Wildman–Crippen LogP) is 1.83. The average molecular weight is 462 g/mol. The van der Waals surface area contributed by atoms with Gasteiger partial charge in [-0.15, -0.1) is 0 Å². The first-order valence-corrected chi connectivity index (χ1v) is 11.7. The van der Waals surface area contributed by atoms with Gasteiger partial charge in [-0.3, -0.25) is 23.6 Å². The van der Waals surface area contributed by atoms with E-state index in [1.54, 1.807) is 0 Å². The minimum Gasteiger partial charge on any atom is -0.325 e. The second-order valence-electron chi connectivity index (χ2n) is 8.59. The Kier molecular flexibility index (Phi) is 7.72. The molecule has 34 heavy (non-hydrogen) atoms. The molecule has 8 nitrogen and oxygen atoms in total. The molecule has 1 amide bonds. The van der Waals surface area contributed by atoms with Crippen molar-refractivity contribution in [3.8, 4) is 0 Å². The number of rotatable bonds is 8. The van der Waals surface area contributed by atoms with E-state index < -0.39 is 17.2 Å². The lowest BCUT2D eigenvalue weighted by Crippen LogP contribution is -2.45. The summed E-state index contributed by atoms with van der Waals surface area (Å²) in [5, 5.41) is 2.79. The molecule has 1 aliphatic rings. The number of benzene rings is 2. The fourth-order valence-corrected chi connectivity index (χ4v) is 4.16. The van der Waals surface area contributed by atoms with Crippen LogP contribution >= 0.6 is 0 Å². The Labute approximate surface area is 199 Å². The van der Waals surface area contributed by atoms with Gasteiger partial charge in [0.05, 0.1) is 6.54 Å². The quantitative estimate of drug-likeness (QED) is 0.554. The highest BCUT2D eigenvalue weighted by Gasteiger charge is 2.15. The molecule has 8 heteroatoms. The molecule has 3 aromatic rings. The van der Waals surface area contributed by atoms with E-state index in [0.29, 0.717) is 12.2 Å². The highest BCUT2D eigenvalue weighted by molar-refractivity contribution is 5.90. The zero-order chi connectivity index (χ0) is 23.9. The van der Waals surface area contributed by atoms with Crippen LogP contribution < -0.4 is 16.6 Å². The number of nitrogens with zero attached hydrogens (tertiary/aromatic N) is 4. The number of hydrogen-bond acceptors (Lipinski definition) is 5. The third kappa shape index (κ3) is 6.09. The van der Waals surface area contributed by atoms with E-state index in [-0.39, 0.29) is 6.54 Å². The number of nitrogens with one attached hydrogen (secondary N) is 1. The maximum absolute atomic E-state index is 12.8. The van der Waals surface area contributed by atoms with Crippen molar-refractivity contribution in [2.45, 2.75) is 26.6 Å². The van der Waals surface area contributed by atoms with Crippen molar-refractivity contribution in [3.05, 3.63) is 98.8 Å². The first-order chi connectivity index (χ1) is 16.5. The molecule has 1 aliphatic heterocycles. The Morgan fingerprint density at radius 3 is 2.15 bits per heavy atom. The minimum atomic E-state index is -0.509. The largest absolute Gasteiger partial charge is 0.331 e. The molecule has 1 N–H and O–H groups in total. The van der Waals surface area contributed by atoms with Gasteiger partial charge >= 0.3 is 5.69 Å². The highest BCUT2D eigenvalue weighted by atomic mass is 16.2. The summed E-state index contributed by atoms with van der Waals surface area (Å²) in [6, 6.07) is 18.5. The molecular weight excluding hydrogens is 430 g/mol. The van der Waals surface area contributed by atoms with Gasteiger partial charge in [-0.1, -0.05) is 49.4 Å². The molecule has 1 fully saturated rings. The number of carbonyl (C=O) groups is 1. The molecule has 0 atom stereocenters. The third-order valence-electron chi connectivity index (χ3n) is 6.19. The van der Waals surface area contributed by atoms with Crippen LogP contribution in [-0.2, 0) is 24.4 Å². The lowest BCUT2D eigenvalue weighted by Gasteiger charge is -2.34. The fourth-order valence-electron chi connectivity index (χ4n) is 4.16. The first kappa shape index (κ1) is 23.7. The Balaban J connectivity index is 1.36. The van der Waals surface area contributed by atoms with Crippen LogP contribution in [0.4, 0.5) is 5.69 Å². The number of hydrogen-bond donors (Lipinski definition) is 1. The topological polar surface area (TPSA) is 79.6 Å². The molecule has 1 aromatic heterocycles. The second kappa shape index (κ2) is 11.1. The summed E-state index contributed by atoms with van der Waals surface area (Å²) >= 11 is 0. The van der Waals surface area contributed by atoms with Gasteiger partial charge < -0.3 is 10.2 Å². The standard InChI is InChI=1S/C26H31N5O3/c1-2-28-14-16-29(17-15-28)18-22-8-10-23(11-9-22)27-24(32)20-31-25(33)12-13-30(26(31)34)19-21-6-4-3-5-7-21/h3-13H,2,14-20H2,1H3,(H,27,32). The zero-order valence-electron chi connectivity index (χ0n) is 19.5. The van der Waals surface area contributed by atoms with Crippen molar-refractivity contribution in [1.82, 2.24) is 18.9 Å². The van der Waals surface area contributed by atoms with Crippen LogP contribution in [0.1, 0.15) is 18.1 Å². The molecule has 178 valence electrons. The Morgan fingerprint density at radius 1 is 0.824 bits per heavy atom. The molecule has 0 radical (unpaired) electrons. The molecule has 0 saturated carbocycles. The summed E-state index contributed by atoms with van der Waals surface area (Å²) in [5.74, 6) is -0.417. The van der Waals surface area contributed by atoms with E-state index in [2.05, 4.69) is 22.0 Å². The van der Waals surface area contributed by atoms with Gasteiger partial charge in [0, 0.05) is 50.7 Å². The van der Waals surface area contributed by atoms with Gasteiger partial charge in [0.25, 0.3) is 5.56 Å². The van der Waals surface area contributed by atoms with Crippen molar-refractivity contribution in [2.75, 3.05) is 38.0 Å². The van der Waals surface area contributed by atoms with Gasteiger partial charge in [0.2, 0.25) is 5.91 Å². The smallest absolute Gasteiger partial charge is 0.325 e. The molecule has 0 aliphatic carbocycles. The number of anilines is 1. The van der Waals surface area contributed by atoms with Crippen molar-refractivity contribution >= 4 is 11.6 Å². The van der Waals surface area contributed by atoms with Crippen LogP contribution in [0.5, 0.6) is 0 Å². The molecule has 0 spiro atoms. The molecule has 2 heterocycles. The number of likely N-dealkylation sites (N-methyl/N-ethyl adjacent to an activating group) is 1. The van der Waals surface area contributed by atoms with Crippen LogP contribution in [0.25, 0.3) is 0 Å². The number of carbonyl (C=O) groups excluding carboxylic acids is 1. The van der Waals surface area contributed by atoms with Gasteiger partial charge in [0.15, 0.2) is 0 Å². The Hall–Kier alpha value is -3.49. The van der Waals surface area contributed by atoms with E-state index in [4.69, 9.17) is 0 Å². The van der Waals surface area contributed by atoms with E-state index >= 15 is 0 Å². The Morgan fingerprint density at radius 2 is 1.47 bits per heavy atom. The normalized spacial score (nSPS) is 14.7. The number of piperazine rings is 1. The summed E-state index contributed by atoms with van der Waals surface area (Å²) in [6.07, 6.45) is 1.47. The zero-order valence-corrected chi connectivity index (χ0v) is 19.5. The fraction of sp³-hybridized carbons (Fsp3) is 0.346. The van der Waals surface area contributed by atoms with E-state index in [9.17, 15) is 14.4 Å². The Bertz CT molecular complexity index is 1210. The summed E-state index contributed by atoms with van der Waals surface area (Å²) < 4.78 is 2.39. The monoisotopic (exact) mass is 461 g/mol. The third-order valence-corrected chi connectivity index (χ3v) is 6.19. The average Bonchev–Trinajstić information content (AvgIpc) is 2.86. The molecule has 2 aromatic carbocycles. The van der Waals surface area contributed by atoms with Crippen LogP contribution in [0.15, 0.2) is 76.4 Å². The number of amides is 1. The van der Waals surface area contributed by atoms with Gasteiger partial charge in [-0.2, -0.15) is 0 Å². The molecule has 4 rings (SSSR count). The highest BCUT2D eigenvalue weighted by Crippen LogP contribution is 2.13. The van der Waals surface area contributed by atoms with E-state index in [0.717, 1.165) is 49.4 Å². The van der Waals surface area contributed by atoms with Crippen molar-refractivity contribution in [3.63, 3.8) is 0 Å². The summed E-state index contributed by atoms with van der Waals surface area (Å²) in [6.45, 7) is 8.46. The molecule has 0 bridgehead atoms. The second-order valence-corrected chi connectivity index (χ2v) is 8.59. The van der Waals surface area contributed by atoms with Crippen molar-refractivity contribution in [2.24, 2.45) is 0 Å². The van der Waals surface area contributed by atoms with Crippen molar-refractivity contribution < 1.29 is 4.79 Å². The molecule has 1 saturated heterocycles. The van der Waals surface area contributed by atoms with E-state index in [1.807, 2.05) is 54.6 Å².